The van der Waals surface area contributed by atoms with Crippen LogP contribution in [0, 0.1) is 0 Å². The topological polar surface area (TPSA) is 30.7 Å². The molecule has 0 bridgehead atoms. The van der Waals surface area contributed by atoms with E-state index in [-0.39, 0.29) is 0 Å². The third-order valence-corrected chi connectivity index (χ3v) is 1.71. The maximum atomic E-state index is 11.9. The molecule has 0 saturated heterocycles. The lowest BCUT2D eigenvalue weighted by molar-refractivity contribution is -0.142. The Morgan fingerprint density at radius 1 is 1.43 bits per heavy atom. The number of hydrogen-bond acceptors (Lipinski definition) is 2. The van der Waals surface area contributed by atoms with Crippen molar-refractivity contribution in [3.63, 3.8) is 0 Å². The minimum Gasteiger partial charge on any atom is -0.243 e. The fraction of sp³-hybridized carbons (Fsp3) is 0.750. The van der Waals surface area contributed by atoms with Gasteiger partial charge < -0.3 is 0 Å². The van der Waals surface area contributed by atoms with Gasteiger partial charge in [0, 0.05) is 6.20 Å². The minimum atomic E-state index is -4.23. The highest BCUT2D eigenvalue weighted by Crippen LogP contribution is 2.16. The van der Waals surface area contributed by atoms with E-state index in [1.807, 2.05) is 6.92 Å². The zero-order valence-electron chi connectivity index (χ0n) is 7.88. The number of nitrogens with zero attached hydrogens (tertiary/aromatic N) is 3. The van der Waals surface area contributed by atoms with Gasteiger partial charge in [-0.25, -0.2) is 4.68 Å². The average molecular weight is 207 g/mol. The van der Waals surface area contributed by atoms with Gasteiger partial charge >= 0.3 is 6.18 Å². The molecule has 0 aliphatic heterocycles. The summed E-state index contributed by atoms with van der Waals surface area (Å²) in [7, 11) is 0. The molecule has 1 heterocycles. The predicted molar refractivity (Wildman–Crippen MR) is 44.7 cm³/mol. The van der Waals surface area contributed by atoms with E-state index in [9.17, 15) is 13.2 Å². The van der Waals surface area contributed by atoms with Crippen LogP contribution in [0.25, 0.3) is 0 Å². The van der Waals surface area contributed by atoms with Crippen LogP contribution >= 0.6 is 0 Å². The second-order valence-corrected chi connectivity index (χ2v) is 3.13. The highest BCUT2D eigenvalue weighted by molar-refractivity contribution is 4.92. The van der Waals surface area contributed by atoms with E-state index >= 15 is 0 Å². The third-order valence-electron chi connectivity index (χ3n) is 1.71. The molecule has 0 N–H and O–H groups in total. The van der Waals surface area contributed by atoms with Gasteiger partial charge in [-0.05, 0) is 12.8 Å². The molecule has 0 atom stereocenters. The maximum Gasteiger partial charge on any atom is 0.408 e. The molecule has 14 heavy (non-hydrogen) atoms. The molecule has 0 unspecified atom stereocenters. The molecular formula is C8H12F3N3. The van der Waals surface area contributed by atoms with Crippen LogP contribution in [0.3, 0.4) is 0 Å². The summed E-state index contributed by atoms with van der Waals surface area (Å²) in [5.74, 6) is 0. The van der Waals surface area contributed by atoms with E-state index in [0.717, 1.165) is 17.5 Å². The molecule has 1 aromatic rings. The van der Waals surface area contributed by atoms with Gasteiger partial charge in [-0.1, -0.05) is 18.6 Å². The fourth-order valence-electron chi connectivity index (χ4n) is 1.07. The quantitative estimate of drug-likeness (QED) is 0.757. The molecule has 0 radical (unpaired) electrons. The number of aryl methyl sites for hydroxylation is 1. The normalized spacial score (nSPS) is 12.0. The van der Waals surface area contributed by atoms with Crippen LogP contribution in [0.2, 0.25) is 0 Å². The number of aromatic nitrogens is 3. The Morgan fingerprint density at radius 3 is 2.71 bits per heavy atom. The number of rotatable bonds is 4. The summed E-state index contributed by atoms with van der Waals surface area (Å²) in [5, 5.41) is 7.05. The van der Waals surface area contributed by atoms with Gasteiger partial charge in [-0.3, -0.25) is 0 Å². The lowest BCUT2D eigenvalue weighted by atomic mass is 10.2. The highest BCUT2D eigenvalue weighted by atomic mass is 19.4. The zero-order valence-corrected chi connectivity index (χ0v) is 7.88. The standard InChI is InChI=1S/C8H12F3N3/c1-2-3-4-7-5-14(13-12-7)6-8(9,10)11/h5H,2-4,6H2,1H3. The van der Waals surface area contributed by atoms with Crippen molar-refractivity contribution in [1.29, 1.82) is 0 Å². The SMILES string of the molecule is CCCCc1cn(CC(F)(F)F)nn1. The van der Waals surface area contributed by atoms with Crippen molar-refractivity contribution in [3.8, 4) is 0 Å². The Balaban J connectivity index is 2.51. The van der Waals surface area contributed by atoms with Crippen molar-refractivity contribution < 1.29 is 13.2 Å². The molecule has 6 heteroatoms. The van der Waals surface area contributed by atoms with E-state index < -0.39 is 12.7 Å². The smallest absolute Gasteiger partial charge is 0.243 e. The van der Waals surface area contributed by atoms with Crippen molar-refractivity contribution in [1.82, 2.24) is 15.0 Å². The van der Waals surface area contributed by atoms with Gasteiger partial charge in [0.25, 0.3) is 0 Å². The summed E-state index contributed by atoms with van der Waals surface area (Å²) in [4.78, 5) is 0. The summed E-state index contributed by atoms with van der Waals surface area (Å²) in [5.41, 5.74) is 0.621. The Kier molecular flexibility index (Phi) is 3.49. The van der Waals surface area contributed by atoms with Crippen LogP contribution in [0.1, 0.15) is 25.5 Å². The molecule has 0 fully saturated rings. The van der Waals surface area contributed by atoms with Crippen molar-refractivity contribution in [2.45, 2.75) is 38.9 Å². The van der Waals surface area contributed by atoms with Crippen LogP contribution < -0.4 is 0 Å². The number of unbranched alkanes of at least 4 members (excludes halogenated alkanes) is 1. The molecule has 3 nitrogen and oxygen atoms in total. The summed E-state index contributed by atoms with van der Waals surface area (Å²) < 4.78 is 36.6. The van der Waals surface area contributed by atoms with E-state index in [4.69, 9.17) is 0 Å². The average Bonchev–Trinajstić information content (AvgIpc) is 2.46. The van der Waals surface area contributed by atoms with Crippen LogP contribution in [0.4, 0.5) is 13.2 Å². The van der Waals surface area contributed by atoms with Crippen molar-refractivity contribution in [2.24, 2.45) is 0 Å². The van der Waals surface area contributed by atoms with Crippen molar-refractivity contribution in [3.05, 3.63) is 11.9 Å². The summed E-state index contributed by atoms with van der Waals surface area (Å²) >= 11 is 0. The number of halogens is 3. The number of hydrogen-bond donors (Lipinski definition) is 0. The van der Waals surface area contributed by atoms with E-state index in [1.54, 1.807) is 0 Å². The molecule has 1 aromatic heterocycles. The highest BCUT2D eigenvalue weighted by Gasteiger charge is 2.28. The summed E-state index contributed by atoms with van der Waals surface area (Å²) in [6, 6.07) is 0. The molecular weight excluding hydrogens is 195 g/mol. The largest absolute Gasteiger partial charge is 0.408 e. The molecule has 0 saturated carbocycles. The fourth-order valence-corrected chi connectivity index (χ4v) is 1.07. The predicted octanol–water partition coefficient (Wildman–Crippen LogP) is 2.18. The molecule has 0 aromatic carbocycles. The first-order chi connectivity index (χ1) is 6.51. The summed E-state index contributed by atoms with van der Waals surface area (Å²) in [6.45, 7) is 0.951. The second kappa shape index (κ2) is 4.43. The first-order valence-electron chi connectivity index (χ1n) is 4.47. The zero-order chi connectivity index (χ0) is 10.6. The molecule has 0 aliphatic rings. The van der Waals surface area contributed by atoms with Crippen LogP contribution in [-0.2, 0) is 13.0 Å². The molecule has 80 valence electrons. The van der Waals surface area contributed by atoms with Crippen LogP contribution in [0.15, 0.2) is 6.20 Å². The van der Waals surface area contributed by atoms with Crippen LogP contribution in [0.5, 0.6) is 0 Å². The molecule has 0 amide bonds. The van der Waals surface area contributed by atoms with Gasteiger partial charge in [0.15, 0.2) is 0 Å². The van der Waals surface area contributed by atoms with E-state index in [0.29, 0.717) is 12.1 Å². The lowest BCUT2D eigenvalue weighted by Gasteiger charge is -2.03. The van der Waals surface area contributed by atoms with Gasteiger partial charge in [0.2, 0.25) is 0 Å². The van der Waals surface area contributed by atoms with Gasteiger partial charge in [-0.15, -0.1) is 5.10 Å². The summed E-state index contributed by atoms with van der Waals surface area (Å²) in [6.07, 6.45) is -0.274. The van der Waals surface area contributed by atoms with E-state index in [1.165, 1.54) is 6.20 Å². The van der Waals surface area contributed by atoms with Gasteiger partial charge in [0.05, 0.1) is 5.69 Å². The molecule has 0 spiro atoms. The van der Waals surface area contributed by atoms with Crippen LogP contribution in [-0.4, -0.2) is 21.2 Å². The monoisotopic (exact) mass is 207 g/mol. The Morgan fingerprint density at radius 2 is 2.14 bits per heavy atom. The van der Waals surface area contributed by atoms with Crippen molar-refractivity contribution in [2.75, 3.05) is 0 Å². The van der Waals surface area contributed by atoms with Gasteiger partial charge in [-0.2, -0.15) is 13.2 Å². The third kappa shape index (κ3) is 3.76. The molecule has 1 rings (SSSR count). The Labute approximate surface area is 79.9 Å². The second-order valence-electron chi connectivity index (χ2n) is 3.13. The van der Waals surface area contributed by atoms with E-state index in [2.05, 4.69) is 10.3 Å². The Hall–Kier alpha value is -1.07. The number of alkyl halides is 3. The lowest BCUT2D eigenvalue weighted by Crippen LogP contribution is -2.18. The Bertz CT molecular complexity index is 280. The molecule has 0 aliphatic carbocycles. The van der Waals surface area contributed by atoms with Gasteiger partial charge in [0.1, 0.15) is 6.54 Å². The minimum absolute atomic E-state index is 0.621. The maximum absolute atomic E-state index is 11.9. The van der Waals surface area contributed by atoms with Crippen molar-refractivity contribution >= 4 is 0 Å². The first kappa shape index (κ1) is 11.0. The first-order valence-corrected chi connectivity index (χ1v) is 4.47.